The Morgan fingerprint density at radius 1 is 1.09 bits per heavy atom. The van der Waals surface area contributed by atoms with E-state index in [1.54, 1.807) is 0 Å². The molecule has 0 spiro atoms. The predicted octanol–water partition coefficient (Wildman–Crippen LogP) is 6.52. The molecule has 0 radical (unpaired) electrons. The molecule has 4 rings (SSSR count). The molecule has 178 valence electrons. The standard InChI is InChI=1S/C26H32Cl2N2O3/c1-18-20(27)13-14-21(23(18)28)33-22-12-6-8-16-29(22)26(2)15-7-9-17-30(26)24(25(31)32)19-10-4-3-5-11-19/h3-5,10-11,13-14,22,24H,6-9,12,15-17H2,1-2H3,(H,31,32). The van der Waals surface area contributed by atoms with Crippen molar-refractivity contribution in [2.75, 3.05) is 13.1 Å². The van der Waals surface area contributed by atoms with Gasteiger partial charge in [0.15, 0.2) is 6.23 Å². The van der Waals surface area contributed by atoms with E-state index in [0.29, 0.717) is 15.8 Å². The molecular weight excluding hydrogens is 459 g/mol. The minimum Gasteiger partial charge on any atom is -0.480 e. The van der Waals surface area contributed by atoms with Gasteiger partial charge in [0.25, 0.3) is 0 Å². The molecule has 2 aliphatic rings. The van der Waals surface area contributed by atoms with Crippen molar-refractivity contribution in [3.05, 3.63) is 63.6 Å². The first kappa shape index (κ1) is 24.3. The van der Waals surface area contributed by atoms with Crippen LogP contribution in [-0.2, 0) is 4.79 Å². The summed E-state index contributed by atoms with van der Waals surface area (Å²) in [4.78, 5) is 17.1. The van der Waals surface area contributed by atoms with Crippen LogP contribution in [0.25, 0.3) is 0 Å². The van der Waals surface area contributed by atoms with Gasteiger partial charge in [0, 0.05) is 18.1 Å². The van der Waals surface area contributed by atoms with Crippen LogP contribution in [0, 0.1) is 6.92 Å². The molecule has 2 aromatic rings. The second kappa shape index (κ2) is 10.2. The van der Waals surface area contributed by atoms with Gasteiger partial charge in [-0.25, -0.2) is 0 Å². The van der Waals surface area contributed by atoms with Crippen molar-refractivity contribution in [3.63, 3.8) is 0 Å². The molecule has 0 saturated carbocycles. The van der Waals surface area contributed by atoms with Crippen LogP contribution in [0.4, 0.5) is 0 Å². The molecule has 0 aromatic heterocycles. The van der Waals surface area contributed by atoms with Crippen LogP contribution in [0.1, 0.15) is 62.6 Å². The summed E-state index contributed by atoms with van der Waals surface area (Å²) in [5, 5.41) is 11.4. The summed E-state index contributed by atoms with van der Waals surface area (Å²) in [6, 6.07) is 12.5. The lowest BCUT2D eigenvalue weighted by molar-refractivity contribution is -0.178. The highest BCUT2D eigenvalue weighted by molar-refractivity contribution is 6.36. The summed E-state index contributed by atoms with van der Waals surface area (Å²) in [5.74, 6) is -0.195. The number of carboxylic acids is 1. The summed E-state index contributed by atoms with van der Waals surface area (Å²) in [6.45, 7) is 5.65. The molecule has 1 N–H and O–H groups in total. The third-order valence-electron chi connectivity index (χ3n) is 7.19. The molecule has 5 nitrogen and oxygen atoms in total. The van der Waals surface area contributed by atoms with Crippen LogP contribution in [0.5, 0.6) is 5.75 Å². The van der Waals surface area contributed by atoms with E-state index >= 15 is 0 Å². The molecule has 3 unspecified atom stereocenters. The Bertz CT molecular complexity index is 987. The van der Waals surface area contributed by atoms with Crippen LogP contribution in [0.3, 0.4) is 0 Å². The second-order valence-electron chi connectivity index (χ2n) is 9.27. The number of aliphatic carboxylic acids is 1. The zero-order valence-corrected chi connectivity index (χ0v) is 20.8. The molecule has 0 bridgehead atoms. The molecule has 2 aliphatic heterocycles. The van der Waals surface area contributed by atoms with Crippen molar-refractivity contribution in [2.45, 2.75) is 70.3 Å². The fourth-order valence-corrected chi connectivity index (χ4v) is 5.80. The average Bonchev–Trinajstić information content (AvgIpc) is 2.82. The molecule has 0 aliphatic carbocycles. The summed E-state index contributed by atoms with van der Waals surface area (Å²) in [5.41, 5.74) is 1.17. The van der Waals surface area contributed by atoms with Crippen molar-refractivity contribution in [1.29, 1.82) is 0 Å². The van der Waals surface area contributed by atoms with Gasteiger partial charge in [-0.05, 0) is 75.6 Å². The monoisotopic (exact) mass is 490 g/mol. The van der Waals surface area contributed by atoms with Gasteiger partial charge in [-0.3, -0.25) is 14.6 Å². The number of likely N-dealkylation sites (tertiary alicyclic amines) is 2. The summed E-state index contributed by atoms with van der Waals surface area (Å²) >= 11 is 12.8. The molecule has 2 aromatic carbocycles. The highest BCUT2D eigenvalue weighted by Gasteiger charge is 2.48. The van der Waals surface area contributed by atoms with E-state index in [-0.39, 0.29) is 6.23 Å². The summed E-state index contributed by atoms with van der Waals surface area (Å²) < 4.78 is 6.51. The largest absolute Gasteiger partial charge is 0.480 e. The fourth-order valence-electron chi connectivity index (χ4n) is 5.38. The zero-order valence-electron chi connectivity index (χ0n) is 19.3. The minimum atomic E-state index is -0.819. The predicted molar refractivity (Wildman–Crippen MR) is 132 cm³/mol. The number of piperidine rings is 2. The van der Waals surface area contributed by atoms with Gasteiger partial charge in [0.05, 0.1) is 10.7 Å². The van der Waals surface area contributed by atoms with Crippen molar-refractivity contribution < 1.29 is 14.6 Å². The van der Waals surface area contributed by atoms with Gasteiger partial charge < -0.3 is 9.84 Å². The number of hydrogen-bond donors (Lipinski definition) is 1. The molecule has 33 heavy (non-hydrogen) atoms. The Labute approximate surface area is 206 Å². The number of hydrogen-bond acceptors (Lipinski definition) is 4. The van der Waals surface area contributed by atoms with Crippen LogP contribution in [0.15, 0.2) is 42.5 Å². The normalized spacial score (nSPS) is 25.5. The average molecular weight is 491 g/mol. The summed E-state index contributed by atoms with van der Waals surface area (Å²) in [7, 11) is 0. The zero-order chi connectivity index (χ0) is 23.6. The van der Waals surface area contributed by atoms with Crippen LogP contribution >= 0.6 is 23.2 Å². The lowest BCUT2D eigenvalue weighted by Gasteiger charge is -2.56. The Kier molecular flexibility index (Phi) is 7.54. The molecular formula is C26H32Cl2N2O3. The first-order valence-corrected chi connectivity index (χ1v) is 12.5. The molecule has 3 atom stereocenters. The quantitative estimate of drug-likeness (QED) is 0.499. The Balaban J connectivity index is 1.68. The highest BCUT2D eigenvalue weighted by atomic mass is 35.5. The lowest BCUT2D eigenvalue weighted by atomic mass is 9.89. The molecule has 2 fully saturated rings. The third kappa shape index (κ3) is 4.88. The molecule has 7 heteroatoms. The SMILES string of the molecule is Cc1c(Cl)ccc(OC2CCCCN2C2(C)CCCCN2C(C(=O)O)c2ccccc2)c1Cl. The maximum Gasteiger partial charge on any atom is 0.325 e. The van der Waals surface area contributed by atoms with Crippen molar-refractivity contribution in [2.24, 2.45) is 0 Å². The van der Waals surface area contributed by atoms with E-state index in [0.717, 1.165) is 62.7 Å². The van der Waals surface area contributed by atoms with Crippen molar-refractivity contribution in [3.8, 4) is 5.75 Å². The summed E-state index contributed by atoms with van der Waals surface area (Å²) in [6.07, 6.45) is 5.71. The molecule has 2 saturated heterocycles. The van der Waals surface area contributed by atoms with E-state index in [1.807, 2.05) is 49.4 Å². The first-order valence-electron chi connectivity index (χ1n) is 11.8. The number of benzene rings is 2. The van der Waals surface area contributed by atoms with Gasteiger partial charge in [-0.2, -0.15) is 0 Å². The van der Waals surface area contributed by atoms with E-state index in [1.165, 1.54) is 0 Å². The lowest BCUT2D eigenvalue weighted by Crippen LogP contribution is -2.66. The van der Waals surface area contributed by atoms with Crippen molar-refractivity contribution >= 4 is 29.2 Å². The van der Waals surface area contributed by atoms with Gasteiger partial charge in [0.1, 0.15) is 11.8 Å². The van der Waals surface area contributed by atoms with Crippen LogP contribution in [0.2, 0.25) is 10.0 Å². The molecule has 2 heterocycles. The van der Waals surface area contributed by atoms with Crippen LogP contribution < -0.4 is 4.74 Å². The topological polar surface area (TPSA) is 53.0 Å². The fraction of sp³-hybridized carbons (Fsp3) is 0.500. The second-order valence-corrected chi connectivity index (χ2v) is 10.1. The molecule has 0 amide bonds. The van der Waals surface area contributed by atoms with Crippen LogP contribution in [-0.4, -0.2) is 45.9 Å². The minimum absolute atomic E-state index is 0.187. The van der Waals surface area contributed by atoms with E-state index in [4.69, 9.17) is 27.9 Å². The van der Waals surface area contributed by atoms with Gasteiger partial charge in [0.2, 0.25) is 0 Å². The number of ether oxygens (including phenoxy) is 1. The smallest absolute Gasteiger partial charge is 0.325 e. The Morgan fingerprint density at radius 3 is 2.55 bits per heavy atom. The van der Waals surface area contributed by atoms with E-state index in [9.17, 15) is 9.90 Å². The van der Waals surface area contributed by atoms with Gasteiger partial charge in [-0.1, -0.05) is 53.5 Å². The Morgan fingerprint density at radius 2 is 1.82 bits per heavy atom. The number of rotatable bonds is 6. The Hall–Kier alpha value is -1.79. The third-order valence-corrected chi connectivity index (χ3v) is 8.07. The van der Waals surface area contributed by atoms with E-state index in [2.05, 4.69) is 16.7 Å². The van der Waals surface area contributed by atoms with Gasteiger partial charge >= 0.3 is 5.97 Å². The maximum atomic E-state index is 12.5. The van der Waals surface area contributed by atoms with Crippen molar-refractivity contribution in [1.82, 2.24) is 9.80 Å². The maximum absolute atomic E-state index is 12.5. The number of carbonyl (C=O) groups is 1. The van der Waals surface area contributed by atoms with E-state index < -0.39 is 17.7 Å². The number of carboxylic acid groups (broad SMARTS) is 1. The highest BCUT2D eigenvalue weighted by Crippen LogP contribution is 2.42. The number of nitrogens with zero attached hydrogens (tertiary/aromatic N) is 2. The number of halogens is 2. The first-order chi connectivity index (χ1) is 15.8. The van der Waals surface area contributed by atoms with Gasteiger partial charge in [-0.15, -0.1) is 0 Å².